The zero-order chi connectivity index (χ0) is 13.7. The number of amides is 1. The molecule has 0 atom stereocenters. The number of carbonyl (C=O) groups excluding carboxylic acids is 1. The minimum atomic E-state index is 0.0409. The summed E-state index contributed by atoms with van der Waals surface area (Å²) in [7, 11) is 3.92. The van der Waals surface area contributed by atoms with Crippen molar-refractivity contribution in [3.8, 4) is 0 Å². The van der Waals surface area contributed by atoms with Gasteiger partial charge in [-0.1, -0.05) is 6.07 Å². The third-order valence-electron chi connectivity index (χ3n) is 2.86. The molecule has 100 valence electrons. The Labute approximate surface area is 109 Å². The van der Waals surface area contributed by atoms with Crippen molar-refractivity contribution in [1.82, 2.24) is 4.90 Å². The Balaban J connectivity index is 2.97. The highest BCUT2D eigenvalue weighted by atomic mass is 16.2. The lowest BCUT2D eigenvalue weighted by atomic mass is 10.1. The first-order valence-electron chi connectivity index (χ1n) is 6.25. The lowest BCUT2D eigenvalue weighted by Crippen LogP contribution is -2.40. The van der Waals surface area contributed by atoms with Gasteiger partial charge in [-0.25, -0.2) is 0 Å². The fourth-order valence-corrected chi connectivity index (χ4v) is 1.82. The lowest BCUT2D eigenvalue weighted by Gasteiger charge is -2.26. The van der Waals surface area contributed by atoms with Crippen LogP contribution in [0.5, 0.6) is 0 Å². The van der Waals surface area contributed by atoms with E-state index in [4.69, 9.17) is 5.73 Å². The van der Waals surface area contributed by atoms with Crippen LogP contribution in [0.3, 0.4) is 0 Å². The van der Waals surface area contributed by atoms with Gasteiger partial charge in [0.15, 0.2) is 0 Å². The summed E-state index contributed by atoms with van der Waals surface area (Å²) in [6, 6.07) is 7.81. The number of anilines is 1. The van der Waals surface area contributed by atoms with Gasteiger partial charge >= 0.3 is 0 Å². The average molecular weight is 249 g/mol. The van der Waals surface area contributed by atoms with Crippen LogP contribution in [-0.4, -0.2) is 44.0 Å². The van der Waals surface area contributed by atoms with Crippen molar-refractivity contribution < 1.29 is 4.79 Å². The van der Waals surface area contributed by atoms with E-state index < -0.39 is 0 Å². The van der Waals surface area contributed by atoms with E-state index in [1.54, 1.807) is 4.90 Å². The zero-order valence-corrected chi connectivity index (χ0v) is 11.7. The normalized spacial score (nSPS) is 10.6. The van der Waals surface area contributed by atoms with Crippen molar-refractivity contribution in [1.29, 1.82) is 0 Å². The largest absolute Gasteiger partial charge is 0.378 e. The summed E-state index contributed by atoms with van der Waals surface area (Å²) < 4.78 is 0. The molecule has 0 saturated heterocycles. The molecule has 4 nitrogen and oxygen atoms in total. The number of hydrogen-bond donors (Lipinski definition) is 1. The molecule has 0 aliphatic heterocycles. The lowest BCUT2D eigenvalue weighted by molar-refractivity contribution is 0.0712. The molecule has 1 amide bonds. The van der Waals surface area contributed by atoms with Gasteiger partial charge in [0.1, 0.15) is 0 Å². The second-order valence-electron chi connectivity index (χ2n) is 4.83. The van der Waals surface area contributed by atoms with Crippen LogP contribution in [0, 0.1) is 0 Å². The molecule has 0 aliphatic rings. The summed E-state index contributed by atoms with van der Waals surface area (Å²) in [6.45, 7) is 5.08. The molecular weight excluding hydrogens is 226 g/mol. The van der Waals surface area contributed by atoms with E-state index in [2.05, 4.69) is 0 Å². The van der Waals surface area contributed by atoms with Crippen molar-refractivity contribution in [3.63, 3.8) is 0 Å². The van der Waals surface area contributed by atoms with Crippen molar-refractivity contribution in [2.45, 2.75) is 19.9 Å². The van der Waals surface area contributed by atoms with Gasteiger partial charge in [0.05, 0.1) is 0 Å². The Kier molecular flexibility index (Phi) is 5.16. The standard InChI is InChI=1S/C14H23N3O/c1-11(2)17(9-8-15)14(18)12-6-5-7-13(10-12)16(3)4/h5-7,10-11H,8-9,15H2,1-4H3. The number of hydrogen-bond acceptors (Lipinski definition) is 3. The molecule has 0 radical (unpaired) electrons. The van der Waals surface area contributed by atoms with Crippen molar-refractivity contribution >= 4 is 11.6 Å². The molecule has 1 aromatic carbocycles. The van der Waals surface area contributed by atoms with E-state index in [1.165, 1.54) is 0 Å². The van der Waals surface area contributed by atoms with Crippen LogP contribution in [0.2, 0.25) is 0 Å². The van der Waals surface area contributed by atoms with Gasteiger partial charge in [0, 0.05) is 44.5 Å². The summed E-state index contributed by atoms with van der Waals surface area (Å²) in [5, 5.41) is 0. The highest BCUT2D eigenvalue weighted by Gasteiger charge is 2.18. The molecule has 0 heterocycles. The number of carbonyl (C=O) groups is 1. The van der Waals surface area contributed by atoms with Gasteiger partial charge in [0.25, 0.3) is 5.91 Å². The number of nitrogens with zero attached hydrogens (tertiary/aromatic N) is 2. The first kappa shape index (κ1) is 14.5. The van der Waals surface area contributed by atoms with Crippen LogP contribution < -0.4 is 10.6 Å². The first-order chi connectivity index (χ1) is 8.47. The summed E-state index contributed by atoms with van der Waals surface area (Å²) in [4.78, 5) is 16.2. The van der Waals surface area contributed by atoms with Crippen molar-refractivity contribution in [2.75, 3.05) is 32.1 Å². The van der Waals surface area contributed by atoms with E-state index in [0.717, 1.165) is 5.69 Å². The Bertz CT molecular complexity index is 402. The second-order valence-corrected chi connectivity index (χ2v) is 4.83. The van der Waals surface area contributed by atoms with E-state index in [0.29, 0.717) is 18.7 Å². The first-order valence-corrected chi connectivity index (χ1v) is 6.25. The van der Waals surface area contributed by atoms with Gasteiger partial charge in [-0.3, -0.25) is 4.79 Å². The Morgan fingerprint density at radius 2 is 2.00 bits per heavy atom. The summed E-state index contributed by atoms with van der Waals surface area (Å²) >= 11 is 0. The summed E-state index contributed by atoms with van der Waals surface area (Å²) in [5.74, 6) is 0.0409. The monoisotopic (exact) mass is 249 g/mol. The maximum atomic E-state index is 12.4. The molecule has 2 N–H and O–H groups in total. The summed E-state index contributed by atoms with van der Waals surface area (Å²) in [6.07, 6.45) is 0. The van der Waals surface area contributed by atoms with Crippen LogP contribution in [-0.2, 0) is 0 Å². The zero-order valence-electron chi connectivity index (χ0n) is 11.7. The maximum Gasteiger partial charge on any atom is 0.254 e. The third kappa shape index (κ3) is 3.47. The van der Waals surface area contributed by atoms with Crippen LogP contribution in [0.15, 0.2) is 24.3 Å². The van der Waals surface area contributed by atoms with Crippen LogP contribution in [0.4, 0.5) is 5.69 Å². The highest BCUT2D eigenvalue weighted by molar-refractivity contribution is 5.95. The van der Waals surface area contributed by atoms with Gasteiger partial charge in [0.2, 0.25) is 0 Å². The molecule has 0 fully saturated rings. The molecule has 0 aliphatic carbocycles. The molecule has 0 saturated carbocycles. The van der Waals surface area contributed by atoms with E-state index >= 15 is 0 Å². The van der Waals surface area contributed by atoms with Crippen LogP contribution in [0.25, 0.3) is 0 Å². The molecule has 1 aromatic rings. The predicted octanol–water partition coefficient (Wildman–Crippen LogP) is 1.56. The van der Waals surface area contributed by atoms with Crippen LogP contribution >= 0.6 is 0 Å². The molecule has 0 spiro atoms. The molecule has 0 aromatic heterocycles. The van der Waals surface area contributed by atoms with Gasteiger partial charge in [-0.2, -0.15) is 0 Å². The fraction of sp³-hybridized carbons (Fsp3) is 0.500. The molecule has 18 heavy (non-hydrogen) atoms. The highest BCUT2D eigenvalue weighted by Crippen LogP contribution is 2.16. The molecule has 0 bridgehead atoms. The predicted molar refractivity (Wildman–Crippen MR) is 76.0 cm³/mol. The molecular formula is C14H23N3O. The Morgan fingerprint density at radius 1 is 1.33 bits per heavy atom. The minimum Gasteiger partial charge on any atom is -0.378 e. The molecule has 1 rings (SSSR count). The third-order valence-corrected chi connectivity index (χ3v) is 2.86. The second kappa shape index (κ2) is 6.40. The number of rotatable bonds is 5. The number of benzene rings is 1. The quantitative estimate of drug-likeness (QED) is 0.861. The van der Waals surface area contributed by atoms with Crippen LogP contribution in [0.1, 0.15) is 24.2 Å². The van der Waals surface area contributed by atoms with Gasteiger partial charge in [-0.05, 0) is 32.0 Å². The SMILES string of the molecule is CC(C)N(CCN)C(=O)c1cccc(N(C)C)c1. The van der Waals surface area contributed by atoms with Crippen molar-refractivity contribution in [2.24, 2.45) is 5.73 Å². The van der Waals surface area contributed by atoms with Crippen molar-refractivity contribution in [3.05, 3.63) is 29.8 Å². The molecule has 0 unspecified atom stereocenters. The van der Waals surface area contributed by atoms with Gasteiger partial charge in [-0.15, -0.1) is 0 Å². The molecule has 4 heteroatoms. The fourth-order valence-electron chi connectivity index (χ4n) is 1.82. The van der Waals surface area contributed by atoms with Gasteiger partial charge < -0.3 is 15.5 Å². The van der Waals surface area contributed by atoms with E-state index in [1.807, 2.05) is 57.1 Å². The summed E-state index contributed by atoms with van der Waals surface area (Å²) in [5.41, 5.74) is 7.30. The Hall–Kier alpha value is -1.55. The maximum absolute atomic E-state index is 12.4. The van der Waals surface area contributed by atoms with E-state index in [9.17, 15) is 4.79 Å². The average Bonchev–Trinajstić information content (AvgIpc) is 2.35. The van der Waals surface area contributed by atoms with E-state index in [-0.39, 0.29) is 11.9 Å². The minimum absolute atomic E-state index is 0.0409. The Morgan fingerprint density at radius 3 is 2.50 bits per heavy atom. The number of nitrogens with two attached hydrogens (primary N) is 1. The smallest absolute Gasteiger partial charge is 0.254 e. The topological polar surface area (TPSA) is 49.6 Å².